The van der Waals surface area contributed by atoms with E-state index in [4.69, 9.17) is 20.4 Å². The maximum atomic E-state index is 10.3. The zero-order valence-electron chi connectivity index (χ0n) is 17.8. The Labute approximate surface area is 190 Å². The number of carboxylic acids is 3. The van der Waals surface area contributed by atoms with Crippen LogP contribution in [0.2, 0.25) is 0 Å². The van der Waals surface area contributed by atoms with Crippen molar-refractivity contribution in [2.24, 2.45) is 0 Å². The van der Waals surface area contributed by atoms with Gasteiger partial charge in [-0.25, -0.2) is 4.79 Å². The van der Waals surface area contributed by atoms with Crippen LogP contribution >= 0.6 is 11.3 Å². The molecule has 5 N–H and O–H groups in total. The van der Waals surface area contributed by atoms with E-state index in [1.165, 1.54) is 10.4 Å². The quantitative estimate of drug-likeness (QED) is 0.315. The van der Waals surface area contributed by atoms with Crippen LogP contribution in [0, 0.1) is 0 Å². The smallest absolute Gasteiger partial charge is 0.336 e. The van der Waals surface area contributed by atoms with Crippen molar-refractivity contribution >= 4 is 29.2 Å². The topological polar surface area (TPSA) is 156 Å². The summed E-state index contributed by atoms with van der Waals surface area (Å²) in [5.41, 5.74) is -1.38. The molecule has 0 saturated heterocycles. The second kappa shape index (κ2) is 13.6. The highest BCUT2D eigenvalue weighted by atomic mass is 32.1. The Hall–Kier alpha value is -2.79. The van der Waals surface area contributed by atoms with Crippen LogP contribution in [0.4, 0.5) is 0 Å². The summed E-state index contributed by atoms with van der Waals surface area (Å²) in [6, 6.07) is 14.8. The van der Waals surface area contributed by atoms with Crippen molar-refractivity contribution < 1.29 is 39.9 Å². The normalized spacial score (nSPS) is 12.0. The second-order valence-electron chi connectivity index (χ2n) is 7.33. The molecule has 32 heavy (non-hydrogen) atoms. The van der Waals surface area contributed by atoms with Gasteiger partial charge in [-0.1, -0.05) is 43.3 Å². The van der Waals surface area contributed by atoms with Crippen molar-refractivity contribution in [1.29, 1.82) is 0 Å². The Bertz CT molecular complexity index is 825. The van der Waals surface area contributed by atoms with Crippen LogP contribution in [-0.2, 0) is 20.9 Å². The fourth-order valence-corrected chi connectivity index (χ4v) is 3.73. The molecule has 0 aliphatic rings. The number of thiophene rings is 1. The molecular formula is C22H29NO8S. The zero-order chi connectivity index (χ0) is 24.1. The van der Waals surface area contributed by atoms with E-state index in [1.807, 2.05) is 6.07 Å². The molecular weight excluding hydrogens is 438 g/mol. The number of rotatable bonds is 12. The maximum absolute atomic E-state index is 10.3. The van der Waals surface area contributed by atoms with Crippen LogP contribution in [0.3, 0.4) is 0 Å². The summed E-state index contributed by atoms with van der Waals surface area (Å²) >= 11 is 1.78. The predicted octanol–water partition coefficient (Wildman–Crippen LogP) is 2.10. The Kier molecular flexibility index (Phi) is 11.6. The largest absolute Gasteiger partial charge is 0.481 e. The summed E-state index contributed by atoms with van der Waals surface area (Å²) in [5.74, 6) is -4.54. The molecule has 1 heterocycles. The molecule has 2 aromatic rings. The lowest BCUT2D eigenvalue weighted by atomic mass is 9.96. The Morgan fingerprint density at radius 1 is 1.00 bits per heavy atom. The first-order valence-corrected chi connectivity index (χ1v) is 10.7. The Morgan fingerprint density at radius 3 is 2.03 bits per heavy atom. The standard InChI is InChI=1S/C16H21NOS.C6H8O7/c1-14(15-6-3-2-4-7-15)12-17(9-10-18)13-16-8-5-11-19-16;7-3(8)1-6(13,5(11)12)2-4(9)10/h2-8,11,14,18H,9-10,12-13H2,1H3;13H,1-2H2,(H,7,8)(H,9,10)(H,11,12). The first-order chi connectivity index (χ1) is 15.1. The average molecular weight is 468 g/mol. The SMILES string of the molecule is CC(CN(CCO)Cc1cccs1)c1ccccc1.O=C(O)CC(O)(CC(=O)O)C(=O)O. The first kappa shape index (κ1) is 27.2. The van der Waals surface area contributed by atoms with Crippen molar-refractivity contribution in [1.82, 2.24) is 4.90 Å². The summed E-state index contributed by atoms with van der Waals surface area (Å²) in [7, 11) is 0. The Morgan fingerprint density at radius 2 is 1.59 bits per heavy atom. The van der Waals surface area contributed by atoms with Gasteiger partial charge in [-0.05, 0) is 22.9 Å². The Balaban J connectivity index is 0.000000347. The van der Waals surface area contributed by atoms with Gasteiger partial charge in [-0.2, -0.15) is 0 Å². The van der Waals surface area contributed by atoms with Crippen LogP contribution in [0.1, 0.15) is 36.1 Å². The number of hydrogen-bond acceptors (Lipinski definition) is 7. The van der Waals surface area contributed by atoms with Crippen LogP contribution < -0.4 is 0 Å². The van der Waals surface area contributed by atoms with E-state index in [-0.39, 0.29) is 6.61 Å². The molecule has 10 heteroatoms. The van der Waals surface area contributed by atoms with E-state index in [0.29, 0.717) is 5.92 Å². The van der Waals surface area contributed by atoms with Gasteiger partial charge in [0.25, 0.3) is 0 Å². The minimum atomic E-state index is -2.74. The lowest BCUT2D eigenvalue weighted by molar-refractivity contribution is -0.170. The third-order valence-corrected chi connectivity index (χ3v) is 5.42. The number of aliphatic hydroxyl groups is 2. The van der Waals surface area contributed by atoms with E-state index < -0.39 is 36.4 Å². The van der Waals surface area contributed by atoms with Crippen LogP contribution in [0.25, 0.3) is 0 Å². The number of aliphatic carboxylic acids is 3. The van der Waals surface area contributed by atoms with Gasteiger partial charge < -0.3 is 25.5 Å². The van der Waals surface area contributed by atoms with Gasteiger partial charge in [0.1, 0.15) is 0 Å². The van der Waals surface area contributed by atoms with Crippen molar-refractivity contribution in [3.8, 4) is 0 Å². The first-order valence-electron chi connectivity index (χ1n) is 9.87. The molecule has 1 aromatic carbocycles. The van der Waals surface area contributed by atoms with Gasteiger partial charge in [0.2, 0.25) is 0 Å². The summed E-state index contributed by atoms with van der Waals surface area (Å²) < 4.78 is 0. The summed E-state index contributed by atoms with van der Waals surface area (Å²) in [6.07, 6.45) is -2.29. The molecule has 2 rings (SSSR count). The van der Waals surface area contributed by atoms with Gasteiger partial charge in [0.15, 0.2) is 5.60 Å². The summed E-state index contributed by atoms with van der Waals surface area (Å²) in [5, 5.41) is 45.1. The minimum Gasteiger partial charge on any atom is -0.481 e. The number of carbonyl (C=O) groups is 3. The zero-order valence-corrected chi connectivity index (χ0v) is 18.6. The van der Waals surface area contributed by atoms with E-state index in [1.54, 1.807) is 11.3 Å². The third-order valence-electron chi connectivity index (χ3n) is 4.56. The number of aliphatic hydroxyl groups excluding tert-OH is 1. The molecule has 0 aliphatic carbocycles. The van der Waals surface area contributed by atoms with Crippen LogP contribution in [0.15, 0.2) is 47.8 Å². The molecule has 0 aliphatic heterocycles. The van der Waals surface area contributed by atoms with Gasteiger partial charge in [0, 0.05) is 24.5 Å². The predicted molar refractivity (Wildman–Crippen MR) is 119 cm³/mol. The number of benzene rings is 1. The molecule has 1 aromatic heterocycles. The highest BCUT2D eigenvalue weighted by Gasteiger charge is 2.40. The van der Waals surface area contributed by atoms with Crippen molar-refractivity contribution in [2.45, 2.75) is 37.8 Å². The van der Waals surface area contributed by atoms with E-state index >= 15 is 0 Å². The monoisotopic (exact) mass is 467 g/mol. The van der Waals surface area contributed by atoms with Gasteiger partial charge in [-0.15, -0.1) is 11.3 Å². The fraction of sp³-hybridized carbons (Fsp3) is 0.409. The molecule has 0 saturated carbocycles. The number of carboxylic acid groups (broad SMARTS) is 3. The molecule has 0 amide bonds. The van der Waals surface area contributed by atoms with E-state index in [2.05, 4.69) is 53.6 Å². The molecule has 1 unspecified atom stereocenters. The molecule has 0 fully saturated rings. The van der Waals surface area contributed by atoms with E-state index in [0.717, 1.165) is 19.6 Å². The molecule has 0 bridgehead atoms. The van der Waals surface area contributed by atoms with Crippen molar-refractivity contribution in [3.63, 3.8) is 0 Å². The highest BCUT2D eigenvalue weighted by Crippen LogP contribution is 2.19. The summed E-state index contributed by atoms with van der Waals surface area (Å²) in [6.45, 7) is 5.09. The van der Waals surface area contributed by atoms with Crippen molar-refractivity contribution in [3.05, 3.63) is 58.3 Å². The molecule has 176 valence electrons. The fourth-order valence-electron chi connectivity index (χ4n) is 2.99. The molecule has 1 atom stereocenters. The number of nitrogens with zero attached hydrogens (tertiary/aromatic N) is 1. The highest BCUT2D eigenvalue weighted by molar-refractivity contribution is 7.09. The van der Waals surface area contributed by atoms with Gasteiger partial charge in [0.05, 0.1) is 19.4 Å². The summed E-state index contributed by atoms with van der Waals surface area (Å²) in [4.78, 5) is 34.2. The average Bonchev–Trinajstić information content (AvgIpc) is 3.21. The number of hydrogen-bond donors (Lipinski definition) is 5. The third kappa shape index (κ3) is 10.0. The minimum absolute atomic E-state index is 0.215. The molecule has 0 spiro atoms. The van der Waals surface area contributed by atoms with Gasteiger partial charge >= 0.3 is 17.9 Å². The van der Waals surface area contributed by atoms with Crippen LogP contribution in [-0.4, -0.2) is 73.6 Å². The molecule has 0 radical (unpaired) electrons. The lowest BCUT2D eigenvalue weighted by Crippen LogP contribution is -2.42. The van der Waals surface area contributed by atoms with E-state index in [9.17, 15) is 19.5 Å². The van der Waals surface area contributed by atoms with Gasteiger partial charge in [-0.3, -0.25) is 14.5 Å². The van der Waals surface area contributed by atoms with Crippen molar-refractivity contribution in [2.75, 3.05) is 19.7 Å². The van der Waals surface area contributed by atoms with Crippen LogP contribution in [0.5, 0.6) is 0 Å². The molecule has 9 nitrogen and oxygen atoms in total. The second-order valence-corrected chi connectivity index (χ2v) is 8.36. The lowest BCUT2D eigenvalue weighted by Gasteiger charge is -2.24. The maximum Gasteiger partial charge on any atom is 0.336 e.